The minimum atomic E-state index is -3.16. The standard InChI is InChI=1S/C24H37O2P/c1-5-6-7-8-9-13-18-27(25,22-14-11-10-12-15-22)26-24-19-21(4)16-17-23(24)20(2)3/h10-12,14-15,20-21,23-24H,5-9,16-17,19H2,1-4H3/t21-,23-,24+,27?/m0/s1. The van der Waals surface area contributed by atoms with E-state index in [1.165, 1.54) is 25.7 Å². The van der Waals surface area contributed by atoms with E-state index < -0.39 is 7.37 Å². The molecule has 150 valence electrons. The lowest BCUT2D eigenvalue weighted by Crippen LogP contribution is -2.34. The van der Waals surface area contributed by atoms with Gasteiger partial charge < -0.3 is 4.52 Å². The van der Waals surface area contributed by atoms with Crippen molar-refractivity contribution in [2.45, 2.75) is 85.2 Å². The Morgan fingerprint density at radius 3 is 2.56 bits per heavy atom. The summed E-state index contributed by atoms with van der Waals surface area (Å²) in [5.41, 5.74) is 3.09. The summed E-state index contributed by atoms with van der Waals surface area (Å²) in [5, 5.41) is 0.742. The van der Waals surface area contributed by atoms with Crippen LogP contribution in [0.5, 0.6) is 0 Å². The molecule has 1 aromatic rings. The van der Waals surface area contributed by atoms with Gasteiger partial charge in [0.25, 0.3) is 0 Å². The summed E-state index contributed by atoms with van der Waals surface area (Å²) in [4.78, 5) is 0. The second-order valence-electron chi connectivity index (χ2n) is 8.46. The fourth-order valence-corrected chi connectivity index (χ4v) is 5.81. The lowest BCUT2D eigenvalue weighted by molar-refractivity contribution is 0.0515. The molecule has 1 aromatic carbocycles. The van der Waals surface area contributed by atoms with Crippen LogP contribution >= 0.6 is 7.37 Å². The molecule has 2 nitrogen and oxygen atoms in total. The summed E-state index contributed by atoms with van der Waals surface area (Å²) >= 11 is 0. The normalized spacial score (nSPS) is 24.9. The lowest BCUT2D eigenvalue weighted by Gasteiger charge is -2.38. The highest BCUT2D eigenvalue weighted by Gasteiger charge is 2.37. The topological polar surface area (TPSA) is 26.3 Å². The van der Waals surface area contributed by atoms with Crippen molar-refractivity contribution in [2.75, 3.05) is 0 Å². The monoisotopic (exact) mass is 388 g/mol. The third-order valence-corrected chi connectivity index (χ3v) is 7.72. The third-order valence-electron chi connectivity index (χ3n) is 5.72. The van der Waals surface area contributed by atoms with Gasteiger partial charge in [-0.05, 0) is 54.8 Å². The van der Waals surface area contributed by atoms with E-state index in [2.05, 4.69) is 39.3 Å². The van der Waals surface area contributed by atoms with Crippen LogP contribution in [0.25, 0.3) is 0 Å². The van der Waals surface area contributed by atoms with Crippen molar-refractivity contribution in [2.24, 2.45) is 17.8 Å². The molecule has 4 atom stereocenters. The molecule has 0 bridgehead atoms. The van der Waals surface area contributed by atoms with Gasteiger partial charge in [0.05, 0.1) is 6.10 Å². The van der Waals surface area contributed by atoms with Crippen molar-refractivity contribution in [3.8, 4) is 11.6 Å². The molecule has 1 aliphatic rings. The van der Waals surface area contributed by atoms with E-state index in [-0.39, 0.29) is 6.10 Å². The molecule has 0 heterocycles. The average molecular weight is 389 g/mol. The summed E-state index contributed by atoms with van der Waals surface area (Å²) in [6, 6.07) is 9.62. The van der Waals surface area contributed by atoms with Crippen LogP contribution in [0, 0.1) is 29.3 Å². The summed E-state index contributed by atoms with van der Waals surface area (Å²) < 4.78 is 20.3. The molecule has 0 aromatic heterocycles. The Morgan fingerprint density at radius 1 is 1.15 bits per heavy atom. The Hall–Kier alpha value is -1.03. The SMILES string of the molecule is CCCCCCC#CP(=O)(O[C@@H]1C[C@@H](C)CC[C@H]1C(C)C)c1ccccc1. The Balaban J connectivity index is 2.19. The molecule has 1 unspecified atom stereocenters. The van der Waals surface area contributed by atoms with Gasteiger partial charge in [0.2, 0.25) is 0 Å². The predicted molar refractivity (Wildman–Crippen MR) is 116 cm³/mol. The Morgan fingerprint density at radius 2 is 1.89 bits per heavy atom. The third kappa shape index (κ3) is 6.81. The predicted octanol–water partition coefficient (Wildman–Crippen LogP) is 7.00. The quantitative estimate of drug-likeness (QED) is 0.272. The molecular formula is C24H37O2P. The molecule has 1 fully saturated rings. The molecule has 1 aliphatic carbocycles. The van der Waals surface area contributed by atoms with E-state index in [1.807, 2.05) is 30.3 Å². The first kappa shape index (κ1) is 22.3. The molecule has 0 spiro atoms. The van der Waals surface area contributed by atoms with E-state index in [9.17, 15) is 4.57 Å². The van der Waals surface area contributed by atoms with Gasteiger partial charge in [0.1, 0.15) is 0 Å². The maximum atomic E-state index is 13.9. The van der Waals surface area contributed by atoms with Gasteiger partial charge in [0.15, 0.2) is 0 Å². The summed E-state index contributed by atoms with van der Waals surface area (Å²) in [7, 11) is -3.16. The van der Waals surface area contributed by atoms with Gasteiger partial charge in [0, 0.05) is 11.7 Å². The fraction of sp³-hybridized carbons (Fsp3) is 0.667. The minimum Gasteiger partial charge on any atom is -0.313 e. The number of hydrogen-bond donors (Lipinski definition) is 0. The molecule has 0 saturated heterocycles. The average Bonchev–Trinajstić information content (AvgIpc) is 2.65. The van der Waals surface area contributed by atoms with Crippen LogP contribution in [0.1, 0.15) is 79.1 Å². The highest BCUT2D eigenvalue weighted by atomic mass is 31.2. The van der Waals surface area contributed by atoms with Crippen LogP contribution < -0.4 is 5.30 Å². The summed E-state index contributed by atoms with van der Waals surface area (Å²) in [6.45, 7) is 8.99. The smallest absolute Gasteiger partial charge is 0.303 e. The first-order chi connectivity index (χ1) is 13.0. The van der Waals surface area contributed by atoms with E-state index in [1.54, 1.807) is 0 Å². The van der Waals surface area contributed by atoms with Gasteiger partial charge in [-0.1, -0.05) is 77.5 Å². The maximum Gasteiger partial charge on any atom is 0.303 e. The maximum absolute atomic E-state index is 13.9. The van der Waals surface area contributed by atoms with Crippen molar-refractivity contribution in [3.63, 3.8) is 0 Å². The van der Waals surface area contributed by atoms with Crippen LogP contribution in [0.15, 0.2) is 30.3 Å². The van der Waals surface area contributed by atoms with Crippen molar-refractivity contribution in [3.05, 3.63) is 30.3 Å². The van der Waals surface area contributed by atoms with Crippen molar-refractivity contribution in [1.29, 1.82) is 0 Å². The van der Waals surface area contributed by atoms with Crippen LogP contribution in [0.2, 0.25) is 0 Å². The molecular weight excluding hydrogens is 351 g/mol. The van der Waals surface area contributed by atoms with E-state index in [4.69, 9.17) is 4.52 Å². The van der Waals surface area contributed by atoms with Crippen LogP contribution in [0.4, 0.5) is 0 Å². The molecule has 27 heavy (non-hydrogen) atoms. The Labute approximate surface area is 166 Å². The molecule has 0 N–H and O–H groups in total. The van der Waals surface area contributed by atoms with Gasteiger partial charge in [-0.15, -0.1) is 0 Å². The largest absolute Gasteiger partial charge is 0.313 e. The highest BCUT2D eigenvalue weighted by Crippen LogP contribution is 2.50. The second kappa shape index (κ2) is 11.1. The van der Waals surface area contributed by atoms with Crippen LogP contribution in [-0.4, -0.2) is 6.10 Å². The number of hydrogen-bond acceptors (Lipinski definition) is 2. The molecule has 0 aliphatic heterocycles. The second-order valence-corrected chi connectivity index (χ2v) is 10.5. The molecule has 1 saturated carbocycles. The Bertz CT molecular complexity index is 656. The van der Waals surface area contributed by atoms with Gasteiger partial charge >= 0.3 is 7.37 Å². The Kier molecular flexibility index (Phi) is 9.14. The van der Waals surface area contributed by atoms with Crippen molar-refractivity contribution in [1.82, 2.24) is 0 Å². The summed E-state index contributed by atoms with van der Waals surface area (Å²) in [5.74, 6) is 4.81. The zero-order valence-corrected chi connectivity index (χ0v) is 18.5. The van der Waals surface area contributed by atoms with E-state index in [0.717, 1.165) is 31.0 Å². The molecule has 0 radical (unpaired) electrons. The van der Waals surface area contributed by atoms with Gasteiger partial charge in [-0.25, -0.2) is 0 Å². The van der Waals surface area contributed by atoms with Crippen molar-refractivity contribution >= 4 is 12.7 Å². The lowest BCUT2D eigenvalue weighted by atomic mass is 9.75. The first-order valence-electron chi connectivity index (χ1n) is 10.8. The number of rotatable bonds is 8. The van der Waals surface area contributed by atoms with Crippen molar-refractivity contribution < 1.29 is 9.09 Å². The van der Waals surface area contributed by atoms with E-state index in [0.29, 0.717) is 17.8 Å². The highest BCUT2D eigenvalue weighted by molar-refractivity contribution is 7.71. The first-order valence-corrected chi connectivity index (χ1v) is 12.4. The van der Waals surface area contributed by atoms with Crippen LogP contribution in [0.3, 0.4) is 0 Å². The summed E-state index contributed by atoms with van der Waals surface area (Å²) in [6.07, 6.45) is 8.94. The zero-order valence-electron chi connectivity index (χ0n) is 17.6. The van der Waals surface area contributed by atoms with Crippen LogP contribution in [-0.2, 0) is 9.09 Å². The molecule has 0 amide bonds. The van der Waals surface area contributed by atoms with Gasteiger partial charge in [-0.2, -0.15) is 0 Å². The van der Waals surface area contributed by atoms with Gasteiger partial charge in [-0.3, -0.25) is 4.57 Å². The molecule has 2 rings (SSSR count). The number of benzene rings is 1. The molecule has 3 heteroatoms. The zero-order chi connectivity index (χ0) is 19.7. The van der Waals surface area contributed by atoms with E-state index >= 15 is 0 Å². The minimum absolute atomic E-state index is 0.0363. The number of unbranched alkanes of at least 4 members (excludes halogenated alkanes) is 4. The fourth-order valence-electron chi connectivity index (χ4n) is 4.00.